The monoisotopic (exact) mass is 299 g/mol. The maximum Gasteiger partial charge on any atom is 2.00 e. The fourth-order valence-electron chi connectivity index (χ4n) is 0.477. The number of rotatable bonds is 4. The Labute approximate surface area is 71.5 Å². The van der Waals surface area contributed by atoms with E-state index in [1.165, 1.54) is 0 Å². The molecule has 0 spiro atoms. The van der Waals surface area contributed by atoms with Crippen LogP contribution in [0.15, 0.2) is 0 Å². The molecule has 0 aromatic heterocycles. The molecule has 0 bridgehead atoms. The van der Waals surface area contributed by atoms with E-state index in [9.17, 15) is 0 Å². The first-order chi connectivity index (χ1) is 3.85. The Kier molecular flexibility index (Phi) is 11.8. The zero-order valence-corrected chi connectivity index (χ0v) is 8.48. The smallest absolute Gasteiger partial charge is 0.395 e. The average molecular weight is 299 g/mol. The fourth-order valence-corrected chi connectivity index (χ4v) is 0.477. The standard InChI is InChI=1S/C6H13NO.W/c1-3-7(4-2)5-6-8;/h8H,1-6H2;/q-2;+2. The van der Waals surface area contributed by atoms with Crippen molar-refractivity contribution in [2.75, 3.05) is 26.2 Å². The second-order valence-electron chi connectivity index (χ2n) is 1.57. The quantitative estimate of drug-likeness (QED) is 0.736. The summed E-state index contributed by atoms with van der Waals surface area (Å²) in [5, 5.41) is 8.40. The predicted molar refractivity (Wildman–Crippen MR) is 34.2 cm³/mol. The van der Waals surface area contributed by atoms with E-state index >= 15 is 0 Å². The van der Waals surface area contributed by atoms with Crippen LogP contribution in [0.2, 0.25) is 0 Å². The molecule has 0 amide bonds. The van der Waals surface area contributed by atoms with Crippen molar-refractivity contribution in [3.63, 3.8) is 0 Å². The topological polar surface area (TPSA) is 23.5 Å². The van der Waals surface area contributed by atoms with E-state index in [2.05, 4.69) is 13.8 Å². The summed E-state index contributed by atoms with van der Waals surface area (Å²) in [6.45, 7) is 9.64. The summed E-state index contributed by atoms with van der Waals surface area (Å²) in [5.74, 6) is 0. The summed E-state index contributed by atoms with van der Waals surface area (Å²) in [7, 11) is 0. The number of hydrogen-bond donors (Lipinski definition) is 1. The number of aliphatic hydroxyl groups is 1. The van der Waals surface area contributed by atoms with Crippen molar-refractivity contribution in [2.45, 2.75) is 0 Å². The molecule has 0 aromatic rings. The van der Waals surface area contributed by atoms with E-state index in [1.54, 1.807) is 0 Å². The molecule has 3 heteroatoms. The molecule has 0 aliphatic heterocycles. The molecule has 0 heterocycles. The molecule has 0 unspecified atom stereocenters. The second kappa shape index (κ2) is 8.61. The molecule has 0 fully saturated rings. The second-order valence-corrected chi connectivity index (χ2v) is 1.57. The van der Waals surface area contributed by atoms with Crippen molar-refractivity contribution in [1.29, 1.82) is 0 Å². The van der Waals surface area contributed by atoms with Crippen LogP contribution in [0.5, 0.6) is 0 Å². The van der Waals surface area contributed by atoms with Crippen LogP contribution in [0.3, 0.4) is 0 Å². The molecule has 0 atom stereocenters. The van der Waals surface area contributed by atoms with Gasteiger partial charge in [0.2, 0.25) is 0 Å². The van der Waals surface area contributed by atoms with Crippen molar-refractivity contribution < 1.29 is 26.2 Å². The predicted octanol–water partition coefficient (Wildman–Crippen LogP) is -0.0536. The van der Waals surface area contributed by atoms with Gasteiger partial charge in [0.05, 0.1) is 6.61 Å². The maximum absolute atomic E-state index is 8.40. The van der Waals surface area contributed by atoms with Crippen LogP contribution >= 0.6 is 0 Å². The van der Waals surface area contributed by atoms with Crippen LogP contribution in [0, 0.1) is 13.8 Å². The summed E-state index contributed by atoms with van der Waals surface area (Å²) in [5.41, 5.74) is 0. The zero-order chi connectivity index (χ0) is 6.41. The molecule has 1 N–H and O–H groups in total. The van der Waals surface area contributed by atoms with Gasteiger partial charge >= 0.3 is 21.1 Å². The van der Waals surface area contributed by atoms with Crippen LogP contribution in [-0.4, -0.2) is 36.2 Å². The van der Waals surface area contributed by atoms with Crippen molar-refractivity contribution in [2.24, 2.45) is 0 Å². The molecule has 0 saturated carbocycles. The Bertz CT molecular complexity index is 48.3. The van der Waals surface area contributed by atoms with Gasteiger partial charge in [-0.15, -0.1) is 13.1 Å². The van der Waals surface area contributed by atoms with Crippen LogP contribution in [0.25, 0.3) is 0 Å². The first-order valence-corrected chi connectivity index (χ1v) is 2.76. The van der Waals surface area contributed by atoms with E-state index < -0.39 is 0 Å². The first kappa shape index (κ1) is 12.3. The largest absolute Gasteiger partial charge is 2.00 e. The minimum Gasteiger partial charge on any atom is -0.395 e. The SMILES string of the molecule is [CH2-]CN(C[CH2-])CCO.[W+2]. The molecule has 2 nitrogen and oxygen atoms in total. The Hall–Kier alpha value is 0.608. The van der Waals surface area contributed by atoms with E-state index in [1.807, 2.05) is 4.90 Å². The van der Waals surface area contributed by atoms with E-state index in [-0.39, 0.29) is 27.7 Å². The summed E-state index contributed by atoms with van der Waals surface area (Å²) >= 11 is 0. The summed E-state index contributed by atoms with van der Waals surface area (Å²) in [4.78, 5) is 1.96. The van der Waals surface area contributed by atoms with Gasteiger partial charge < -0.3 is 23.9 Å². The molecule has 0 rings (SSSR count). The summed E-state index contributed by atoms with van der Waals surface area (Å²) in [6, 6.07) is 0. The molecule has 0 radical (unpaired) electrons. The average Bonchev–Trinajstić information content (AvgIpc) is 1.83. The number of aliphatic hydroxyl groups excluding tert-OH is 1. The van der Waals surface area contributed by atoms with E-state index in [0.29, 0.717) is 6.54 Å². The number of nitrogens with zero attached hydrogens (tertiary/aromatic N) is 1. The van der Waals surface area contributed by atoms with Gasteiger partial charge in [-0.2, -0.15) is 0 Å². The first-order valence-electron chi connectivity index (χ1n) is 2.76. The van der Waals surface area contributed by atoms with Crippen molar-refractivity contribution in [3.05, 3.63) is 13.8 Å². The fraction of sp³-hybridized carbons (Fsp3) is 0.667. The van der Waals surface area contributed by atoms with Gasteiger partial charge in [-0.25, -0.2) is 0 Å². The molecular weight excluding hydrogens is 286 g/mol. The third kappa shape index (κ3) is 6.49. The molecule has 9 heavy (non-hydrogen) atoms. The molecule has 0 aliphatic rings. The summed E-state index contributed by atoms with van der Waals surface area (Å²) < 4.78 is 0. The van der Waals surface area contributed by atoms with Crippen LogP contribution in [0.1, 0.15) is 0 Å². The van der Waals surface area contributed by atoms with E-state index in [4.69, 9.17) is 5.11 Å². The van der Waals surface area contributed by atoms with Crippen LogP contribution in [0.4, 0.5) is 0 Å². The third-order valence-corrected chi connectivity index (χ3v) is 1.05. The molecule has 54 valence electrons. The summed E-state index contributed by atoms with van der Waals surface area (Å²) in [6.07, 6.45) is 0. The maximum atomic E-state index is 8.40. The van der Waals surface area contributed by atoms with Gasteiger partial charge in [-0.05, 0) is 0 Å². The minimum atomic E-state index is 0. The van der Waals surface area contributed by atoms with Crippen molar-refractivity contribution in [3.8, 4) is 0 Å². The Balaban J connectivity index is 0. The third-order valence-electron chi connectivity index (χ3n) is 1.05. The molecule has 0 saturated heterocycles. The normalized spacial score (nSPS) is 9.33. The molecule has 0 aliphatic carbocycles. The van der Waals surface area contributed by atoms with Crippen LogP contribution in [-0.2, 0) is 21.1 Å². The van der Waals surface area contributed by atoms with Crippen LogP contribution < -0.4 is 0 Å². The zero-order valence-electron chi connectivity index (χ0n) is 5.55. The van der Waals surface area contributed by atoms with Gasteiger partial charge in [0.1, 0.15) is 0 Å². The van der Waals surface area contributed by atoms with Crippen molar-refractivity contribution >= 4 is 0 Å². The Morgan fingerprint density at radius 1 is 1.22 bits per heavy atom. The number of hydrogen-bond acceptors (Lipinski definition) is 2. The Morgan fingerprint density at radius 3 is 1.78 bits per heavy atom. The van der Waals surface area contributed by atoms with Gasteiger partial charge in [0.25, 0.3) is 0 Å². The van der Waals surface area contributed by atoms with Gasteiger partial charge in [-0.1, -0.05) is 0 Å². The van der Waals surface area contributed by atoms with E-state index in [0.717, 1.165) is 13.1 Å². The van der Waals surface area contributed by atoms with Crippen molar-refractivity contribution in [1.82, 2.24) is 4.90 Å². The van der Waals surface area contributed by atoms with Gasteiger partial charge in [-0.3, -0.25) is 0 Å². The Morgan fingerprint density at radius 2 is 1.67 bits per heavy atom. The molecular formula is C6H13NOW. The molecule has 0 aromatic carbocycles. The minimum absolute atomic E-state index is 0. The van der Waals surface area contributed by atoms with Gasteiger partial charge in [0.15, 0.2) is 0 Å². The van der Waals surface area contributed by atoms with Gasteiger partial charge in [0, 0.05) is 6.54 Å².